The maximum Gasteiger partial charge on any atom is 3.00 e. The summed E-state index contributed by atoms with van der Waals surface area (Å²) in [5, 5.41) is 31.8. The zero-order valence-corrected chi connectivity index (χ0v) is 24.7. The predicted octanol–water partition coefficient (Wildman–Crippen LogP) is 0.300. The molecule has 43 heavy (non-hydrogen) atoms. The molecule has 3 rings (SSSR count). The fourth-order valence-electron chi connectivity index (χ4n) is 3.14. The molecule has 0 unspecified atom stereocenters. The summed E-state index contributed by atoms with van der Waals surface area (Å²) >= 11 is 0. The average Bonchev–Trinajstić information content (AvgIpc) is 2.98. The zero-order chi connectivity index (χ0) is 31.7. The average molecular weight is 607 g/mol. The van der Waals surface area contributed by atoms with Crippen molar-refractivity contribution in [2.75, 3.05) is 19.8 Å². The van der Waals surface area contributed by atoms with Gasteiger partial charge in [-0.15, -0.1) is 0 Å². The van der Waals surface area contributed by atoms with Crippen molar-refractivity contribution in [1.82, 2.24) is 0 Å². The second-order valence-electron chi connectivity index (χ2n) is 7.66. The molecule has 0 aliphatic heterocycles. The van der Waals surface area contributed by atoms with Crippen LogP contribution < -0.4 is 15.3 Å². The summed E-state index contributed by atoms with van der Waals surface area (Å²) in [6, 6.07) is 17.4. The van der Waals surface area contributed by atoms with E-state index in [9.17, 15) is 44.1 Å². The van der Waals surface area contributed by atoms with Gasteiger partial charge in [-0.1, -0.05) is 54.6 Å². The van der Waals surface area contributed by atoms with Gasteiger partial charge in [0.25, 0.3) is 0 Å². The second-order valence-corrected chi connectivity index (χ2v) is 7.66. The van der Waals surface area contributed by atoms with Gasteiger partial charge >= 0.3 is 35.3 Å². The monoisotopic (exact) mass is 606 g/mol. The van der Waals surface area contributed by atoms with Crippen molar-refractivity contribution < 1.29 is 58.3 Å². The Kier molecular flexibility index (Phi) is 17.7. The molecule has 3 aromatic carbocycles. The third-order valence-electron chi connectivity index (χ3n) is 4.93. The van der Waals surface area contributed by atoms with Gasteiger partial charge in [0.2, 0.25) is 0 Å². The van der Waals surface area contributed by atoms with Crippen LogP contribution in [0.5, 0.6) is 0 Å². The normalized spacial score (nSPS) is 9.28. The van der Waals surface area contributed by atoms with E-state index in [1.807, 2.05) is 0 Å². The molecule has 0 bridgehead atoms. The number of aromatic carboxylic acids is 3. The third-order valence-corrected chi connectivity index (χ3v) is 4.93. The molecule has 0 heterocycles. The van der Waals surface area contributed by atoms with Crippen LogP contribution in [0.2, 0.25) is 0 Å². The Labute approximate surface area is 258 Å². The number of carboxylic acids is 3. The zero-order valence-electron chi connectivity index (χ0n) is 23.5. The van der Waals surface area contributed by atoms with Crippen LogP contribution in [0.4, 0.5) is 0 Å². The van der Waals surface area contributed by atoms with Gasteiger partial charge in [-0.3, -0.25) is 0 Å². The number of rotatable bonds is 9. The number of ether oxygens (including phenoxy) is 3. The summed E-state index contributed by atoms with van der Waals surface area (Å²) in [5.74, 6) is -6.08. The first-order valence-corrected chi connectivity index (χ1v) is 12.4. The molecule has 0 radical (unpaired) electrons. The minimum absolute atomic E-state index is 0. The van der Waals surface area contributed by atoms with E-state index in [1.54, 1.807) is 39.0 Å². The number of carboxylic acid groups (broad SMARTS) is 3. The van der Waals surface area contributed by atoms with Crippen LogP contribution in [0, 0.1) is 0 Å². The first-order chi connectivity index (χ1) is 20.0. The molecule has 0 aromatic heterocycles. The quantitative estimate of drug-likeness (QED) is 0.184. The molecular formula is C30H27AlO12. The van der Waals surface area contributed by atoms with Crippen molar-refractivity contribution in [3.63, 3.8) is 0 Å². The molecule has 0 atom stereocenters. The standard InChI is InChI=1S/3C10H10O4.Al/c3*1-2-14-10(13)8-6-4-3-5-7(8)9(11)12;/h3*3-6H,2H2,1H3,(H,11,12);/q;;;+3/p-3. The number of carbonyl (C=O) groups excluding carboxylic acids is 6. The van der Waals surface area contributed by atoms with Crippen LogP contribution in [0.3, 0.4) is 0 Å². The first-order valence-electron chi connectivity index (χ1n) is 12.4. The topological polar surface area (TPSA) is 199 Å². The van der Waals surface area contributed by atoms with Crippen molar-refractivity contribution in [2.45, 2.75) is 20.8 Å². The van der Waals surface area contributed by atoms with Crippen LogP contribution in [0.15, 0.2) is 72.8 Å². The summed E-state index contributed by atoms with van der Waals surface area (Å²) in [7, 11) is 0. The van der Waals surface area contributed by atoms with Gasteiger partial charge < -0.3 is 43.9 Å². The van der Waals surface area contributed by atoms with Crippen LogP contribution in [-0.4, -0.2) is 73.0 Å². The van der Waals surface area contributed by atoms with Crippen molar-refractivity contribution in [3.05, 3.63) is 106 Å². The fourth-order valence-corrected chi connectivity index (χ4v) is 3.14. The number of hydrogen-bond donors (Lipinski definition) is 0. The van der Waals surface area contributed by atoms with E-state index in [4.69, 9.17) is 0 Å². The molecule has 3 aromatic rings. The maximum atomic E-state index is 11.3. The Bertz CT molecular complexity index is 1250. The SMILES string of the molecule is CCOC(=O)c1ccccc1C(=O)[O-].CCOC(=O)c1ccccc1C(=O)[O-].CCOC(=O)c1ccccc1C(=O)[O-].[Al+3]. The molecule has 0 aliphatic rings. The van der Waals surface area contributed by atoms with E-state index in [0.29, 0.717) is 0 Å². The van der Waals surface area contributed by atoms with Crippen LogP contribution in [0.1, 0.15) is 82.9 Å². The molecule has 0 saturated carbocycles. The van der Waals surface area contributed by atoms with E-state index in [0.717, 1.165) is 0 Å². The van der Waals surface area contributed by atoms with Crippen molar-refractivity contribution in [2.24, 2.45) is 0 Å². The first kappa shape index (κ1) is 38.0. The van der Waals surface area contributed by atoms with Gasteiger partial charge in [0.15, 0.2) is 0 Å². The van der Waals surface area contributed by atoms with Crippen molar-refractivity contribution in [1.29, 1.82) is 0 Å². The summed E-state index contributed by atoms with van der Waals surface area (Å²) in [6.45, 7) is 5.58. The Morgan fingerprint density at radius 2 is 0.628 bits per heavy atom. The number of carbonyl (C=O) groups is 6. The minimum Gasteiger partial charge on any atom is -0.545 e. The third kappa shape index (κ3) is 12.2. The molecule has 0 amide bonds. The van der Waals surface area contributed by atoms with Gasteiger partial charge in [-0.25, -0.2) is 14.4 Å². The molecule has 12 nitrogen and oxygen atoms in total. The number of hydrogen-bond acceptors (Lipinski definition) is 12. The molecule has 0 fully saturated rings. The summed E-state index contributed by atoms with van der Waals surface area (Å²) in [5.41, 5.74) is -0.374. The largest absolute Gasteiger partial charge is 3.00 e. The van der Waals surface area contributed by atoms with Crippen molar-refractivity contribution in [3.8, 4) is 0 Å². The van der Waals surface area contributed by atoms with Crippen LogP contribution >= 0.6 is 0 Å². The van der Waals surface area contributed by atoms with E-state index >= 15 is 0 Å². The summed E-state index contributed by atoms with van der Waals surface area (Å²) in [4.78, 5) is 65.6. The van der Waals surface area contributed by atoms with E-state index in [-0.39, 0.29) is 70.6 Å². The summed E-state index contributed by atoms with van der Waals surface area (Å²) < 4.78 is 14.1. The van der Waals surface area contributed by atoms with E-state index < -0.39 is 35.8 Å². The summed E-state index contributed by atoms with van der Waals surface area (Å²) in [6.07, 6.45) is 0. The smallest absolute Gasteiger partial charge is 0.545 e. The minimum atomic E-state index is -1.38. The van der Waals surface area contributed by atoms with Crippen LogP contribution in [0.25, 0.3) is 0 Å². The number of esters is 3. The molecule has 0 N–H and O–H groups in total. The van der Waals surface area contributed by atoms with E-state index in [2.05, 4.69) is 14.2 Å². The number of benzene rings is 3. The fraction of sp³-hybridized carbons (Fsp3) is 0.200. The van der Waals surface area contributed by atoms with Gasteiger partial charge in [0.05, 0.1) is 54.4 Å². The molecular weight excluding hydrogens is 579 g/mol. The Hall–Kier alpha value is -4.99. The van der Waals surface area contributed by atoms with Gasteiger partial charge in [0.1, 0.15) is 0 Å². The van der Waals surface area contributed by atoms with Crippen molar-refractivity contribution >= 4 is 53.2 Å². The second kappa shape index (κ2) is 20.0. The molecule has 222 valence electrons. The predicted molar refractivity (Wildman–Crippen MR) is 146 cm³/mol. The molecule has 0 saturated heterocycles. The van der Waals surface area contributed by atoms with Crippen LogP contribution in [-0.2, 0) is 14.2 Å². The van der Waals surface area contributed by atoms with Gasteiger partial charge in [-0.2, -0.15) is 0 Å². The van der Waals surface area contributed by atoms with Gasteiger partial charge in [0, 0.05) is 16.7 Å². The Morgan fingerprint density at radius 1 is 0.442 bits per heavy atom. The maximum absolute atomic E-state index is 11.3. The Balaban J connectivity index is 0.000000608. The molecule has 0 aliphatic carbocycles. The molecule has 13 heteroatoms. The van der Waals surface area contributed by atoms with E-state index in [1.165, 1.54) is 54.6 Å². The molecule has 0 spiro atoms. The Morgan fingerprint density at radius 3 is 0.791 bits per heavy atom. The van der Waals surface area contributed by atoms with Gasteiger partial charge in [-0.05, 0) is 39.0 Å².